The molecule has 1 aromatic carbocycles. The molecule has 0 aromatic heterocycles. The van der Waals surface area contributed by atoms with E-state index in [9.17, 15) is 4.57 Å². The summed E-state index contributed by atoms with van der Waals surface area (Å²) in [5.41, 5.74) is -0.994. The Kier molecular flexibility index (Phi) is 6.25. The highest BCUT2D eigenvalue weighted by atomic mass is 31.2. The third-order valence-electron chi connectivity index (χ3n) is 4.71. The minimum Gasteiger partial charge on any atom is -0.494 e. The Morgan fingerprint density at radius 2 is 1.58 bits per heavy atom. The smallest absolute Gasteiger partial charge is 0.494 e. The lowest BCUT2D eigenvalue weighted by Crippen LogP contribution is -2.45. The highest BCUT2D eigenvalue weighted by Gasteiger charge is 2.54. The van der Waals surface area contributed by atoms with Crippen LogP contribution in [0.4, 0.5) is 4.39 Å². The minimum atomic E-state index is -3.94. The highest BCUT2D eigenvalue weighted by molar-refractivity contribution is 7.62. The number of rotatable bonds is 7. The van der Waals surface area contributed by atoms with E-state index in [1.807, 2.05) is 27.7 Å². The first kappa shape index (κ1) is 21.4. The molecule has 0 N–H and O–H groups in total. The molecule has 0 saturated carbocycles. The molecule has 0 bridgehead atoms. The maximum atomic E-state index is 15.1. The summed E-state index contributed by atoms with van der Waals surface area (Å²) in [4.78, 5) is 0. The fourth-order valence-corrected chi connectivity index (χ4v) is 4.52. The maximum Gasteiger partial charge on any atom is 0.495 e. The third-order valence-corrected chi connectivity index (χ3v) is 6.91. The molecule has 1 saturated heterocycles. The quantitative estimate of drug-likeness (QED) is 0.529. The SMILES string of the molecule is CCOP(=O)(OCC)c1c(B2OC(C)(C)C(C)(C)O2)ccc(OC)c1F. The molecule has 0 aliphatic carbocycles. The molecule has 146 valence electrons. The number of benzene rings is 1. The van der Waals surface area contributed by atoms with E-state index in [1.54, 1.807) is 19.9 Å². The van der Waals surface area contributed by atoms with Crippen LogP contribution < -0.4 is 15.5 Å². The normalized spacial score (nSPS) is 19.0. The van der Waals surface area contributed by atoms with Crippen LogP contribution in [0.5, 0.6) is 5.75 Å². The largest absolute Gasteiger partial charge is 0.495 e. The van der Waals surface area contributed by atoms with Crippen molar-refractivity contribution in [2.24, 2.45) is 0 Å². The van der Waals surface area contributed by atoms with Crippen LogP contribution >= 0.6 is 7.60 Å². The van der Waals surface area contributed by atoms with Crippen LogP contribution in [0, 0.1) is 5.82 Å². The van der Waals surface area contributed by atoms with Gasteiger partial charge in [-0.3, -0.25) is 4.57 Å². The molecule has 0 radical (unpaired) electrons. The van der Waals surface area contributed by atoms with Crippen LogP contribution in [0.25, 0.3) is 0 Å². The summed E-state index contributed by atoms with van der Waals surface area (Å²) in [6.07, 6.45) is 0. The second kappa shape index (κ2) is 7.60. The van der Waals surface area contributed by atoms with E-state index < -0.39 is 31.7 Å². The van der Waals surface area contributed by atoms with Gasteiger partial charge in [0.25, 0.3) is 0 Å². The Balaban J connectivity index is 2.65. The summed E-state index contributed by atoms with van der Waals surface area (Å²) < 4.78 is 56.3. The van der Waals surface area contributed by atoms with Gasteiger partial charge in [-0.25, -0.2) is 4.39 Å². The Labute approximate surface area is 155 Å². The number of ether oxygens (including phenoxy) is 1. The average molecular weight is 388 g/mol. The summed E-state index contributed by atoms with van der Waals surface area (Å²) in [7, 11) is -3.51. The number of halogens is 1. The molecule has 1 aliphatic heterocycles. The molecule has 2 rings (SSSR count). The number of hydrogen-bond donors (Lipinski definition) is 0. The summed E-state index contributed by atoms with van der Waals surface area (Å²) in [5, 5.41) is -0.209. The van der Waals surface area contributed by atoms with Crippen LogP contribution in [0.1, 0.15) is 41.5 Å². The van der Waals surface area contributed by atoms with Crippen LogP contribution in [-0.2, 0) is 22.9 Å². The Morgan fingerprint density at radius 1 is 1.08 bits per heavy atom. The van der Waals surface area contributed by atoms with Crippen molar-refractivity contribution in [3.05, 3.63) is 17.9 Å². The Morgan fingerprint density at radius 3 is 2.00 bits per heavy atom. The lowest BCUT2D eigenvalue weighted by atomic mass is 9.79. The van der Waals surface area contributed by atoms with Crippen LogP contribution in [-0.4, -0.2) is 38.6 Å². The zero-order chi connectivity index (χ0) is 19.8. The maximum absolute atomic E-state index is 15.1. The number of hydrogen-bond acceptors (Lipinski definition) is 6. The van der Waals surface area contributed by atoms with Crippen molar-refractivity contribution in [3.63, 3.8) is 0 Å². The van der Waals surface area contributed by atoms with E-state index in [0.29, 0.717) is 0 Å². The van der Waals surface area contributed by atoms with Gasteiger partial charge in [-0.05, 0) is 47.6 Å². The molecule has 6 nitrogen and oxygen atoms in total. The first-order chi connectivity index (χ1) is 12.0. The van der Waals surface area contributed by atoms with Crippen molar-refractivity contribution >= 4 is 25.5 Å². The standard InChI is InChI=1S/C17H27BFO6P/c1-8-22-26(20,23-9-2)15-12(10-11-13(21-7)14(15)19)18-24-16(3,4)17(5,6)25-18/h10-11H,8-9H2,1-7H3. The number of methoxy groups -OCH3 is 1. The van der Waals surface area contributed by atoms with Crippen molar-refractivity contribution in [1.29, 1.82) is 0 Å². The molecular weight excluding hydrogens is 361 g/mol. The Bertz CT molecular complexity index is 683. The average Bonchev–Trinajstić information content (AvgIpc) is 2.75. The fraction of sp³-hybridized carbons (Fsp3) is 0.647. The summed E-state index contributed by atoms with van der Waals surface area (Å²) >= 11 is 0. The summed E-state index contributed by atoms with van der Waals surface area (Å²) in [5.74, 6) is -0.857. The van der Waals surface area contributed by atoms with Gasteiger partial charge in [0.2, 0.25) is 0 Å². The van der Waals surface area contributed by atoms with Gasteiger partial charge in [-0.2, -0.15) is 0 Å². The van der Waals surface area contributed by atoms with Crippen molar-refractivity contribution < 1.29 is 32.0 Å². The van der Waals surface area contributed by atoms with Crippen LogP contribution in [0.15, 0.2) is 12.1 Å². The first-order valence-electron chi connectivity index (χ1n) is 8.64. The van der Waals surface area contributed by atoms with Crippen LogP contribution in [0.2, 0.25) is 0 Å². The third kappa shape index (κ3) is 3.71. The van der Waals surface area contributed by atoms with Gasteiger partial charge in [0.05, 0.1) is 31.5 Å². The lowest BCUT2D eigenvalue weighted by Gasteiger charge is -2.32. The molecule has 0 amide bonds. The van der Waals surface area contributed by atoms with Gasteiger partial charge in [-0.1, -0.05) is 6.07 Å². The molecular formula is C17H27BFO6P. The summed E-state index contributed by atoms with van der Waals surface area (Å²) in [6, 6.07) is 3.02. The lowest BCUT2D eigenvalue weighted by molar-refractivity contribution is 0.00578. The van der Waals surface area contributed by atoms with Gasteiger partial charge >= 0.3 is 14.7 Å². The van der Waals surface area contributed by atoms with Gasteiger partial charge in [0.1, 0.15) is 5.30 Å². The molecule has 0 spiro atoms. The Hall–Kier alpha value is -0.915. The van der Waals surface area contributed by atoms with Gasteiger partial charge in [0, 0.05) is 5.46 Å². The van der Waals surface area contributed by atoms with Crippen LogP contribution in [0.3, 0.4) is 0 Å². The molecule has 1 aliphatic rings. The van der Waals surface area contributed by atoms with Crippen molar-refractivity contribution in [2.75, 3.05) is 20.3 Å². The molecule has 1 heterocycles. The van der Waals surface area contributed by atoms with E-state index in [-0.39, 0.29) is 29.7 Å². The predicted molar refractivity (Wildman–Crippen MR) is 99.2 cm³/mol. The highest BCUT2D eigenvalue weighted by Crippen LogP contribution is 2.48. The van der Waals surface area contributed by atoms with Gasteiger partial charge in [0.15, 0.2) is 11.6 Å². The second-order valence-corrected chi connectivity index (χ2v) is 8.90. The zero-order valence-corrected chi connectivity index (χ0v) is 17.3. The molecule has 1 aromatic rings. The zero-order valence-electron chi connectivity index (χ0n) is 16.4. The first-order valence-corrected chi connectivity index (χ1v) is 10.2. The van der Waals surface area contributed by atoms with E-state index >= 15 is 4.39 Å². The molecule has 26 heavy (non-hydrogen) atoms. The van der Waals surface area contributed by atoms with Crippen molar-refractivity contribution in [3.8, 4) is 5.75 Å². The molecule has 9 heteroatoms. The van der Waals surface area contributed by atoms with E-state index in [4.69, 9.17) is 23.1 Å². The predicted octanol–water partition coefficient (Wildman–Crippen LogP) is 3.02. The van der Waals surface area contributed by atoms with Gasteiger partial charge < -0.3 is 23.1 Å². The van der Waals surface area contributed by atoms with E-state index in [1.165, 1.54) is 13.2 Å². The van der Waals surface area contributed by atoms with Crippen molar-refractivity contribution in [2.45, 2.75) is 52.7 Å². The van der Waals surface area contributed by atoms with E-state index in [0.717, 1.165) is 0 Å². The van der Waals surface area contributed by atoms with Crippen molar-refractivity contribution in [1.82, 2.24) is 0 Å². The second-order valence-electron chi connectivity index (χ2n) is 6.94. The molecule has 0 atom stereocenters. The summed E-state index contributed by atoms with van der Waals surface area (Å²) in [6.45, 7) is 11.1. The topological polar surface area (TPSA) is 63.2 Å². The molecule has 0 unspecified atom stereocenters. The fourth-order valence-electron chi connectivity index (χ4n) is 2.66. The molecule has 1 fully saturated rings. The minimum absolute atomic E-state index is 0.0556. The van der Waals surface area contributed by atoms with Gasteiger partial charge in [-0.15, -0.1) is 0 Å². The monoisotopic (exact) mass is 388 g/mol. The van der Waals surface area contributed by atoms with E-state index in [2.05, 4.69) is 0 Å².